The van der Waals surface area contributed by atoms with E-state index in [2.05, 4.69) is 9.44 Å². The quantitative estimate of drug-likeness (QED) is 0.613. The van der Waals surface area contributed by atoms with Gasteiger partial charge in [0.05, 0.1) is 15.5 Å². The van der Waals surface area contributed by atoms with Crippen LogP contribution in [0.5, 0.6) is 0 Å². The van der Waals surface area contributed by atoms with E-state index in [4.69, 9.17) is 0 Å². The number of anilines is 2. The maximum atomic E-state index is 12.6. The van der Waals surface area contributed by atoms with Crippen LogP contribution in [0.15, 0.2) is 76.5 Å². The van der Waals surface area contributed by atoms with E-state index < -0.39 is 20.0 Å². The minimum atomic E-state index is -3.79. The molecule has 2 N–H and O–H groups in total. The van der Waals surface area contributed by atoms with Crippen LogP contribution in [0.4, 0.5) is 11.4 Å². The fraction of sp³-hybridized carbons (Fsp3) is 0.143. The summed E-state index contributed by atoms with van der Waals surface area (Å²) in [5.41, 5.74) is 3.58. The molecule has 3 rings (SSSR count). The molecule has 0 saturated heterocycles. The molecule has 0 bridgehead atoms. The molecule has 0 aromatic heterocycles. The van der Waals surface area contributed by atoms with E-state index >= 15 is 0 Å². The van der Waals surface area contributed by atoms with Gasteiger partial charge < -0.3 is 0 Å². The zero-order valence-electron chi connectivity index (χ0n) is 16.3. The van der Waals surface area contributed by atoms with Crippen molar-refractivity contribution in [1.29, 1.82) is 0 Å². The van der Waals surface area contributed by atoms with E-state index in [-0.39, 0.29) is 15.5 Å². The third-order valence-corrected chi connectivity index (χ3v) is 7.15. The van der Waals surface area contributed by atoms with E-state index in [9.17, 15) is 16.8 Å². The van der Waals surface area contributed by atoms with Crippen molar-refractivity contribution >= 4 is 31.4 Å². The largest absolute Gasteiger partial charge is 0.280 e. The Morgan fingerprint density at radius 3 is 1.62 bits per heavy atom. The Hall–Kier alpha value is -2.84. The highest BCUT2D eigenvalue weighted by Crippen LogP contribution is 2.23. The Labute approximate surface area is 171 Å². The number of aryl methyl sites for hydroxylation is 3. The van der Waals surface area contributed by atoms with Gasteiger partial charge in [-0.25, -0.2) is 16.8 Å². The maximum absolute atomic E-state index is 12.6. The number of hydrogen-bond donors (Lipinski definition) is 2. The Kier molecular flexibility index (Phi) is 5.68. The summed E-state index contributed by atoms with van der Waals surface area (Å²) in [4.78, 5) is 0.173. The fourth-order valence-electron chi connectivity index (χ4n) is 2.77. The molecule has 0 aliphatic carbocycles. The van der Waals surface area contributed by atoms with Gasteiger partial charge in [-0.1, -0.05) is 35.4 Å². The van der Waals surface area contributed by atoms with Crippen molar-refractivity contribution in [2.75, 3.05) is 9.44 Å². The molecule has 0 aliphatic heterocycles. The topological polar surface area (TPSA) is 92.3 Å². The zero-order chi connectivity index (χ0) is 21.2. The molecule has 0 aliphatic rings. The molecule has 3 aromatic carbocycles. The highest BCUT2D eigenvalue weighted by molar-refractivity contribution is 7.93. The highest BCUT2D eigenvalue weighted by atomic mass is 32.2. The van der Waals surface area contributed by atoms with Gasteiger partial charge in [0.15, 0.2) is 0 Å². The van der Waals surface area contributed by atoms with Crippen molar-refractivity contribution in [1.82, 2.24) is 0 Å². The summed E-state index contributed by atoms with van der Waals surface area (Å²) in [6, 6.07) is 17.4. The van der Waals surface area contributed by atoms with E-state index in [1.165, 1.54) is 36.4 Å². The third-order valence-electron chi connectivity index (χ3n) is 4.37. The van der Waals surface area contributed by atoms with Crippen molar-refractivity contribution in [3.05, 3.63) is 83.4 Å². The first-order valence-electron chi connectivity index (χ1n) is 8.86. The van der Waals surface area contributed by atoms with Crippen LogP contribution in [0.3, 0.4) is 0 Å². The van der Waals surface area contributed by atoms with Crippen LogP contribution >= 0.6 is 0 Å². The van der Waals surface area contributed by atoms with Gasteiger partial charge in [0.25, 0.3) is 20.0 Å². The average Bonchev–Trinajstić information content (AvgIpc) is 2.64. The molecule has 0 spiro atoms. The van der Waals surface area contributed by atoms with E-state index in [0.717, 1.165) is 16.7 Å². The SMILES string of the molecule is Cc1ccc(S(=O)(=O)Nc2ccc(S(=O)(=O)Nc3ccc(C)cc3C)cc2)cc1. The number of rotatable bonds is 6. The molecule has 0 heterocycles. The predicted octanol–water partition coefficient (Wildman–Crippen LogP) is 4.21. The normalized spacial score (nSPS) is 11.8. The maximum Gasteiger partial charge on any atom is 0.261 e. The highest BCUT2D eigenvalue weighted by Gasteiger charge is 2.17. The molecule has 0 saturated carbocycles. The van der Waals surface area contributed by atoms with Gasteiger partial charge in [-0.05, 0) is 68.8 Å². The number of sulfonamides is 2. The lowest BCUT2D eigenvalue weighted by atomic mass is 10.1. The molecule has 0 fully saturated rings. The molecule has 6 nitrogen and oxygen atoms in total. The van der Waals surface area contributed by atoms with Crippen LogP contribution < -0.4 is 9.44 Å². The van der Waals surface area contributed by atoms with Crippen LogP contribution in [-0.2, 0) is 20.0 Å². The summed E-state index contributed by atoms with van der Waals surface area (Å²) >= 11 is 0. The Bertz CT molecular complexity index is 1230. The summed E-state index contributed by atoms with van der Waals surface area (Å²) in [5.74, 6) is 0. The third kappa shape index (κ3) is 4.96. The molecule has 3 aromatic rings. The van der Waals surface area contributed by atoms with Gasteiger partial charge >= 0.3 is 0 Å². The van der Waals surface area contributed by atoms with Gasteiger partial charge in [0.2, 0.25) is 0 Å². The lowest BCUT2D eigenvalue weighted by Crippen LogP contribution is -2.15. The van der Waals surface area contributed by atoms with Crippen LogP contribution in [0, 0.1) is 20.8 Å². The second-order valence-corrected chi connectivity index (χ2v) is 10.2. The zero-order valence-corrected chi connectivity index (χ0v) is 17.9. The Morgan fingerprint density at radius 2 is 1.07 bits per heavy atom. The summed E-state index contributed by atoms with van der Waals surface area (Å²) < 4.78 is 55.2. The standard InChI is InChI=1S/C21H22N2O4S2/c1-15-4-9-19(10-5-15)28(24,25)22-18-7-11-20(12-8-18)29(26,27)23-21-13-6-16(2)14-17(21)3/h4-14,22-23H,1-3H3. The first-order chi connectivity index (χ1) is 13.6. The van der Waals surface area contributed by atoms with Gasteiger partial charge in [0, 0.05) is 5.69 Å². The first-order valence-corrected chi connectivity index (χ1v) is 11.8. The van der Waals surface area contributed by atoms with Gasteiger partial charge in [-0.3, -0.25) is 9.44 Å². The fourth-order valence-corrected chi connectivity index (χ4v) is 4.95. The van der Waals surface area contributed by atoms with Crippen molar-refractivity contribution in [2.45, 2.75) is 30.6 Å². The molecular weight excluding hydrogens is 408 g/mol. The lowest BCUT2D eigenvalue weighted by molar-refractivity contribution is 0.600. The van der Waals surface area contributed by atoms with Crippen LogP contribution in [0.25, 0.3) is 0 Å². The van der Waals surface area contributed by atoms with Crippen molar-refractivity contribution in [3.8, 4) is 0 Å². The summed E-state index contributed by atoms with van der Waals surface area (Å²) in [6.07, 6.45) is 0. The molecule has 0 unspecified atom stereocenters. The lowest BCUT2D eigenvalue weighted by Gasteiger charge is -2.12. The Morgan fingerprint density at radius 1 is 0.586 bits per heavy atom. The number of benzene rings is 3. The summed E-state index contributed by atoms with van der Waals surface area (Å²) in [5, 5.41) is 0. The molecule has 152 valence electrons. The molecule has 29 heavy (non-hydrogen) atoms. The monoisotopic (exact) mass is 430 g/mol. The van der Waals surface area contributed by atoms with E-state index in [1.807, 2.05) is 32.9 Å². The van der Waals surface area contributed by atoms with E-state index in [1.54, 1.807) is 18.2 Å². The molecule has 0 atom stereocenters. The van der Waals surface area contributed by atoms with Gasteiger partial charge in [-0.15, -0.1) is 0 Å². The van der Waals surface area contributed by atoms with Gasteiger partial charge in [0.1, 0.15) is 0 Å². The minimum absolute atomic E-state index is 0.0377. The van der Waals surface area contributed by atoms with Crippen molar-refractivity contribution in [2.24, 2.45) is 0 Å². The van der Waals surface area contributed by atoms with E-state index in [0.29, 0.717) is 5.69 Å². The molecule has 0 amide bonds. The van der Waals surface area contributed by atoms with Gasteiger partial charge in [-0.2, -0.15) is 0 Å². The van der Waals surface area contributed by atoms with Crippen molar-refractivity contribution < 1.29 is 16.8 Å². The number of hydrogen-bond acceptors (Lipinski definition) is 4. The number of nitrogens with one attached hydrogen (secondary N) is 2. The average molecular weight is 431 g/mol. The Balaban J connectivity index is 1.79. The molecular formula is C21H22N2O4S2. The first kappa shape index (κ1) is 20.9. The second-order valence-electron chi connectivity index (χ2n) is 6.87. The molecule has 0 radical (unpaired) electrons. The summed E-state index contributed by atoms with van der Waals surface area (Å²) in [6.45, 7) is 5.63. The molecule has 8 heteroatoms. The minimum Gasteiger partial charge on any atom is -0.280 e. The van der Waals surface area contributed by atoms with Crippen LogP contribution in [0.2, 0.25) is 0 Å². The summed E-state index contributed by atoms with van der Waals surface area (Å²) in [7, 11) is -7.55. The van der Waals surface area contributed by atoms with Crippen molar-refractivity contribution in [3.63, 3.8) is 0 Å². The second kappa shape index (κ2) is 7.88. The smallest absolute Gasteiger partial charge is 0.261 e. The van der Waals surface area contributed by atoms with Crippen LogP contribution in [-0.4, -0.2) is 16.8 Å². The van der Waals surface area contributed by atoms with Crippen LogP contribution in [0.1, 0.15) is 16.7 Å². The predicted molar refractivity (Wildman–Crippen MR) is 115 cm³/mol.